The highest BCUT2D eigenvalue weighted by molar-refractivity contribution is 5.90. The van der Waals surface area contributed by atoms with Crippen LogP contribution >= 0.6 is 0 Å². The van der Waals surface area contributed by atoms with Crippen molar-refractivity contribution < 1.29 is 14.1 Å². The predicted octanol–water partition coefficient (Wildman–Crippen LogP) is 2.33. The zero-order valence-electron chi connectivity index (χ0n) is 15.6. The van der Waals surface area contributed by atoms with E-state index >= 15 is 0 Å². The van der Waals surface area contributed by atoms with Crippen LogP contribution in [0.5, 0.6) is 5.75 Å². The van der Waals surface area contributed by atoms with Crippen molar-refractivity contribution in [3.63, 3.8) is 0 Å². The van der Waals surface area contributed by atoms with Gasteiger partial charge in [0.1, 0.15) is 5.75 Å². The van der Waals surface area contributed by atoms with Gasteiger partial charge in [0, 0.05) is 23.5 Å². The molecule has 0 radical (unpaired) electrons. The molecular weight excluding hydrogens is 360 g/mol. The maximum Gasteiger partial charge on any atom is 0.316 e. The van der Waals surface area contributed by atoms with Crippen molar-refractivity contribution in [3.8, 4) is 17.1 Å². The fraction of sp³-hybridized carbons (Fsp3) is 0.211. The molecule has 1 amide bonds. The summed E-state index contributed by atoms with van der Waals surface area (Å²) in [7, 11) is 1.58. The van der Waals surface area contributed by atoms with Gasteiger partial charge in [-0.25, -0.2) is 9.50 Å². The van der Waals surface area contributed by atoms with Crippen molar-refractivity contribution >= 4 is 11.6 Å². The van der Waals surface area contributed by atoms with E-state index in [0.717, 1.165) is 17.0 Å². The van der Waals surface area contributed by atoms with E-state index in [4.69, 9.17) is 9.26 Å². The fourth-order valence-corrected chi connectivity index (χ4v) is 2.95. The number of hydrogen-bond donors (Lipinski definition) is 1. The number of aromatic nitrogens is 5. The normalized spacial score (nSPS) is 11.0. The molecule has 9 nitrogen and oxygen atoms in total. The van der Waals surface area contributed by atoms with Gasteiger partial charge in [-0.1, -0.05) is 23.4 Å². The number of hydrogen-bond acceptors (Lipinski definition) is 7. The molecule has 3 aromatic heterocycles. The predicted molar refractivity (Wildman–Crippen MR) is 99.9 cm³/mol. The van der Waals surface area contributed by atoms with Crippen LogP contribution in [-0.4, -0.2) is 37.8 Å². The first kappa shape index (κ1) is 17.7. The Kier molecular flexibility index (Phi) is 4.48. The number of methoxy groups -OCH3 is 1. The molecule has 0 saturated heterocycles. The average molecular weight is 378 g/mol. The van der Waals surface area contributed by atoms with E-state index in [1.807, 2.05) is 44.2 Å². The van der Waals surface area contributed by atoms with Gasteiger partial charge in [0.05, 0.1) is 18.9 Å². The smallest absolute Gasteiger partial charge is 0.316 e. The van der Waals surface area contributed by atoms with Crippen LogP contribution in [0, 0.1) is 13.8 Å². The Balaban J connectivity index is 1.55. The summed E-state index contributed by atoms with van der Waals surface area (Å²) in [6.45, 7) is 4.11. The molecule has 0 unspecified atom stereocenters. The van der Waals surface area contributed by atoms with Gasteiger partial charge in [0.2, 0.25) is 5.82 Å². The molecule has 0 spiro atoms. The van der Waals surface area contributed by atoms with Crippen LogP contribution in [0.3, 0.4) is 0 Å². The number of para-hydroxylation sites is 1. The maximum atomic E-state index is 12.4. The van der Waals surface area contributed by atoms with Crippen LogP contribution in [0.25, 0.3) is 17.0 Å². The van der Waals surface area contributed by atoms with E-state index in [0.29, 0.717) is 17.0 Å². The summed E-state index contributed by atoms with van der Waals surface area (Å²) in [5.74, 6) is 0.349. The van der Waals surface area contributed by atoms with Gasteiger partial charge >= 0.3 is 11.8 Å². The zero-order chi connectivity index (χ0) is 19.7. The SMILES string of the molecule is COc1ccccc1CNC(=O)c1nc(-c2cnn3c(C)cc(C)nc23)no1. The number of carbonyl (C=O) groups excluding carboxylic acids is 1. The number of nitrogens with one attached hydrogen (secondary N) is 1. The lowest BCUT2D eigenvalue weighted by molar-refractivity contribution is 0.0906. The molecule has 0 aliphatic rings. The van der Waals surface area contributed by atoms with Gasteiger partial charge in [0.25, 0.3) is 0 Å². The van der Waals surface area contributed by atoms with Crippen LogP contribution < -0.4 is 10.1 Å². The molecule has 142 valence electrons. The summed E-state index contributed by atoms with van der Waals surface area (Å²) >= 11 is 0. The summed E-state index contributed by atoms with van der Waals surface area (Å²) in [5, 5.41) is 11.0. The molecule has 0 fully saturated rings. The number of aryl methyl sites for hydroxylation is 2. The molecule has 3 heterocycles. The van der Waals surface area contributed by atoms with Gasteiger partial charge in [0.15, 0.2) is 5.65 Å². The summed E-state index contributed by atoms with van der Waals surface area (Å²) in [6, 6.07) is 9.36. The molecule has 1 aromatic carbocycles. The Hall–Kier alpha value is -3.75. The lowest BCUT2D eigenvalue weighted by Crippen LogP contribution is -2.23. The van der Waals surface area contributed by atoms with Crippen molar-refractivity contribution in [2.24, 2.45) is 0 Å². The number of benzene rings is 1. The van der Waals surface area contributed by atoms with Gasteiger partial charge < -0.3 is 14.6 Å². The first-order chi connectivity index (χ1) is 13.6. The summed E-state index contributed by atoms with van der Waals surface area (Å²) < 4.78 is 12.1. The number of fused-ring (bicyclic) bond motifs is 1. The van der Waals surface area contributed by atoms with Crippen LogP contribution in [0.2, 0.25) is 0 Å². The lowest BCUT2D eigenvalue weighted by atomic mass is 10.2. The molecule has 0 aliphatic heterocycles. The molecule has 4 rings (SSSR count). The van der Waals surface area contributed by atoms with Crippen LogP contribution in [0.15, 0.2) is 41.1 Å². The third-order valence-electron chi connectivity index (χ3n) is 4.27. The van der Waals surface area contributed by atoms with Gasteiger partial charge in [-0.05, 0) is 26.0 Å². The minimum absolute atomic E-state index is 0.131. The average Bonchev–Trinajstić information content (AvgIpc) is 3.33. The molecule has 0 bridgehead atoms. The molecule has 0 saturated carbocycles. The molecule has 0 atom stereocenters. The van der Waals surface area contributed by atoms with E-state index < -0.39 is 5.91 Å². The Bertz CT molecular complexity index is 1160. The highest BCUT2D eigenvalue weighted by Gasteiger charge is 2.20. The summed E-state index contributed by atoms with van der Waals surface area (Å²) in [5.41, 5.74) is 3.84. The maximum absolute atomic E-state index is 12.4. The molecule has 4 aromatic rings. The first-order valence-electron chi connectivity index (χ1n) is 8.63. The Labute approximate surface area is 160 Å². The number of ether oxygens (including phenoxy) is 1. The minimum atomic E-state index is -0.471. The third-order valence-corrected chi connectivity index (χ3v) is 4.27. The van der Waals surface area contributed by atoms with Crippen molar-refractivity contribution in [2.45, 2.75) is 20.4 Å². The lowest BCUT2D eigenvalue weighted by Gasteiger charge is -2.07. The summed E-state index contributed by atoms with van der Waals surface area (Å²) in [6.07, 6.45) is 1.61. The molecule has 0 aliphatic carbocycles. The first-order valence-corrected chi connectivity index (χ1v) is 8.63. The molecule has 28 heavy (non-hydrogen) atoms. The standard InChI is InChI=1S/C19H18N6O3/c1-11-8-12(2)25-17(22-11)14(10-21-25)16-23-19(28-24-16)18(26)20-9-13-6-4-5-7-15(13)27-3/h4-8,10H,9H2,1-3H3,(H,20,26). The van der Waals surface area contributed by atoms with E-state index in [2.05, 4.69) is 25.5 Å². The number of rotatable bonds is 5. The second-order valence-corrected chi connectivity index (χ2v) is 6.25. The molecular formula is C19H18N6O3. The van der Waals surface area contributed by atoms with E-state index in [-0.39, 0.29) is 18.3 Å². The zero-order valence-corrected chi connectivity index (χ0v) is 15.6. The van der Waals surface area contributed by atoms with Crippen LogP contribution in [0.1, 0.15) is 27.6 Å². The summed E-state index contributed by atoms with van der Waals surface area (Å²) in [4.78, 5) is 21.1. The fourth-order valence-electron chi connectivity index (χ4n) is 2.95. The number of amides is 1. The van der Waals surface area contributed by atoms with E-state index in [1.165, 1.54) is 0 Å². The van der Waals surface area contributed by atoms with Crippen molar-refractivity contribution in [1.82, 2.24) is 30.1 Å². The highest BCUT2D eigenvalue weighted by Crippen LogP contribution is 2.22. The van der Waals surface area contributed by atoms with Gasteiger partial charge in [-0.2, -0.15) is 10.1 Å². The van der Waals surface area contributed by atoms with E-state index in [1.54, 1.807) is 17.8 Å². The Morgan fingerprint density at radius 3 is 2.89 bits per heavy atom. The number of nitrogens with zero attached hydrogens (tertiary/aromatic N) is 5. The highest BCUT2D eigenvalue weighted by atomic mass is 16.5. The topological polar surface area (TPSA) is 107 Å². The minimum Gasteiger partial charge on any atom is -0.496 e. The third kappa shape index (κ3) is 3.18. The van der Waals surface area contributed by atoms with Crippen LogP contribution in [-0.2, 0) is 6.54 Å². The quantitative estimate of drug-likeness (QED) is 0.568. The largest absolute Gasteiger partial charge is 0.496 e. The number of carbonyl (C=O) groups is 1. The molecule has 9 heteroatoms. The van der Waals surface area contributed by atoms with Gasteiger partial charge in [-0.15, -0.1) is 0 Å². The Morgan fingerprint density at radius 1 is 1.25 bits per heavy atom. The Morgan fingerprint density at radius 2 is 2.07 bits per heavy atom. The van der Waals surface area contributed by atoms with E-state index in [9.17, 15) is 4.79 Å². The van der Waals surface area contributed by atoms with Crippen molar-refractivity contribution in [3.05, 3.63) is 59.4 Å². The second kappa shape index (κ2) is 7.10. The van der Waals surface area contributed by atoms with Crippen molar-refractivity contribution in [1.29, 1.82) is 0 Å². The molecule has 1 N–H and O–H groups in total. The monoisotopic (exact) mass is 378 g/mol. The van der Waals surface area contributed by atoms with Gasteiger partial charge in [-0.3, -0.25) is 4.79 Å². The second-order valence-electron chi connectivity index (χ2n) is 6.25. The van der Waals surface area contributed by atoms with Crippen molar-refractivity contribution in [2.75, 3.05) is 7.11 Å². The van der Waals surface area contributed by atoms with Crippen LogP contribution in [0.4, 0.5) is 0 Å².